The lowest BCUT2D eigenvalue weighted by Gasteiger charge is -2.22. The molecular formula is C22H33NO4S2. The van der Waals surface area contributed by atoms with E-state index in [-0.39, 0.29) is 17.5 Å². The summed E-state index contributed by atoms with van der Waals surface area (Å²) in [5.41, 5.74) is -0.595. The highest BCUT2D eigenvalue weighted by molar-refractivity contribution is 8.01. The molecule has 0 aliphatic heterocycles. The molecule has 2 rings (SSSR count). The van der Waals surface area contributed by atoms with E-state index in [4.69, 9.17) is 5.11 Å². The topological polar surface area (TPSA) is 87.5 Å². The Balaban J connectivity index is 1.78. The Labute approximate surface area is 182 Å². The number of nitrogens with zero attached hydrogens (tertiary/aromatic N) is 1. The summed E-state index contributed by atoms with van der Waals surface area (Å²) < 4.78 is 0.735. The number of thioether (sulfide) groups is 1. The molecule has 1 heterocycles. The quantitative estimate of drug-likeness (QED) is 0.237. The second-order valence-corrected chi connectivity index (χ2v) is 10.4. The molecule has 1 fully saturated rings. The molecule has 3 atom stereocenters. The number of thiazole rings is 1. The summed E-state index contributed by atoms with van der Waals surface area (Å²) in [5, 5.41) is 21.0. The fourth-order valence-corrected chi connectivity index (χ4v) is 5.66. The summed E-state index contributed by atoms with van der Waals surface area (Å²) in [6.07, 6.45) is 12.5. The minimum atomic E-state index is -1.01. The van der Waals surface area contributed by atoms with E-state index in [1.54, 1.807) is 5.38 Å². The maximum absolute atomic E-state index is 12.3. The van der Waals surface area contributed by atoms with Crippen LogP contribution < -0.4 is 0 Å². The van der Waals surface area contributed by atoms with E-state index in [0.29, 0.717) is 18.6 Å². The highest BCUT2D eigenvalue weighted by Gasteiger charge is 2.32. The molecule has 0 aromatic carbocycles. The van der Waals surface area contributed by atoms with Crippen LogP contribution in [0.15, 0.2) is 21.9 Å². The average Bonchev–Trinajstić information content (AvgIpc) is 3.27. The lowest BCUT2D eigenvalue weighted by molar-refractivity contribution is -0.121. The summed E-state index contributed by atoms with van der Waals surface area (Å²) in [4.78, 5) is 27.3. The van der Waals surface area contributed by atoms with Crippen LogP contribution in [0.4, 0.5) is 0 Å². The second kappa shape index (κ2) is 11.9. The average molecular weight is 440 g/mol. The van der Waals surface area contributed by atoms with Crippen LogP contribution in [0.2, 0.25) is 0 Å². The van der Waals surface area contributed by atoms with Crippen molar-refractivity contribution in [3.05, 3.63) is 23.2 Å². The normalized spacial score (nSPS) is 21.7. The number of aromatic nitrogens is 1. The van der Waals surface area contributed by atoms with Gasteiger partial charge in [0.1, 0.15) is 5.78 Å². The van der Waals surface area contributed by atoms with Gasteiger partial charge in [-0.2, -0.15) is 0 Å². The van der Waals surface area contributed by atoms with Crippen molar-refractivity contribution in [3.8, 4) is 0 Å². The summed E-state index contributed by atoms with van der Waals surface area (Å²) in [5.74, 6) is 0.321. The number of carboxylic acid groups (broad SMARTS) is 1. The lowest BCUT2D eigenvalue weighted by atomic mass is 9.90. The summed E-state index contributed by atoms with van der Waals surface area (Å²) in [7, 11) is 0. The second-order valence-electron chi connectivity index (χ2n) is 8.16. The molecule has 1 aromatic rings. The molecule has 1 saturated carbocycles. The smallest absolute Gasteiger partial charge is 0.355 e. The Morgan fingerprint density at radius 3 is 2.90 bits per heavy atom. The van der Waals surface area contributed by atoms with Crippen molar-refractivity contribution in [2.24, 2.45) is 11.8 Å². The number of carbonyl (C=O) groups is 2. The molecule has 7 heteroatoms. The fourth-order valence-electron chi connectivity index (χ4n) is 3.77. The van der Waals surface area contributed by atoms with Crippen LogP contribution in [-0.4, -0.2) is 38.3 Å². The molecule has 2 N–H and O–H groups in total. The van der Waals surface area contributed by atoms with Crippen LogP contribution in [0.5, 0.6) is 0 Å². The van der Waals surface area contributed by atoms with Crippen LogP contribution in [0, 0.1) is 11.8 Å². The first-order valence-corrected chi connectivity index (χ1v) is 12.4. The SMILES string of the molecule is CCCCCCC(C)(O)C/C=C/[C@H]1CCC(=O)[C@@H]1CCSc1nc(C(=O)O)cs1. The fraction of sp³-hybridized carbons (Fsp3) is 0.682. The minimum absolute atomic E-state index is 0.0205. The Morgan fingerprint density at radius 1 is 1.41 bits per heavy atom. The predicted molar refractivity (Wildman–Crippen MR) is 119 cm³/mol. The molecule has 1 aromatic heterocycles. The summed E-state index contributed by atoms with van der Waals surface area (Å²) in [6.45, 7) is 4.08. The third kappa shape index (κ3) is 8.22. The van der Waals surface area contributed by atoms with Gasteiger partial charge in [-0.1, -0.05) is 56.5 Å². The molecule has 29 heavy (non-hydrogen) atoms. The number of carboxylic acids is 1. The van der Waals surface area contributed by atoms with Gasteiger partial charge >= 0.3 is 5.97 Å². The number of hydrogen-bond acceptors (Lipinski definition) is 6. The minimum Gasteiger partial charge on any atom is -0.476 e. The molecule has 1 aliphatic rings. The Morgan fingerprint density at radius 2 is 2.21 bits per heavy atom. The van der Waals surface area contributed by atoms with Gasteiger partial charge in [0.2, 0.25) is 0 Å². The third-order valence-electron chi connectivity index (χ3n) is 5.52. The third-order valence-corrected chi connectivity index (χ3v) is 7.58. The Bertz CT molecular complexity index is 699. The zero-order valence-electron chi connectivity index (χ0n) is 17.4. The van der Waals surface area contributed by atoms with Crippen molar-refractivity contribution in [2.75, 3.05) is 5.75 Å². The van der Waals surface area contributed by atoms with E-state index in [9.17, 15) is 14.7 Å². The zero-order valence-corrected chi connectivity index (χ0v) is 19.1. The van der Waals surface area contributed by atoms with E-state index >= 15 is 0 Å². The van der Waals surface area contributed by atoms with Crippen molar-refractivity contribution in [3.63, 3.8) is 0 Å². The van der Waals surface area contributed by atoms with Gasteiger partial charge < -0.3 is 10.2 Å². The number of hydrogen-bond donors (Lipinski definition) is 2. The van der Waals surface area contributed by atoms with E-state index in [0.717, 1.165) is 35.8 Å². The monoisotopic (exact) mass is 439 g/mol. The zero-order chi connectivity index (χ0) is 21.3. The van der Waals surface area contributed by atoms with Gasteiger partial charge in [-0.15, -0.1) is 11.3 Å². The molecule has 0 radical (unpaired) electrons. The number of rotatable bonds is 13. The van der Waals surface area contributed by atoms with Crippen molar-refractivity contribution >= 4 is 34.9 Å². The largest absolute Gasteiger partial charge is 0.476 e. The van der Waals surface area contributed by atoms with Crippen molar-refractivity contribution in [1.29, 1.82) is 0 Å². The van der Waals surface area contributed by atoms with Crippen LogP contribution in [0.25, 0.3) is 0 Å². The van der Waals surface area contributed by atoms with Crippen LogP contribution >= 0.6 is 23.1 Å². The van der Waals surface area contributed by atoms with Crippen LogP contribution in [-0.2, 0) is 4.79 Å². The summed E-state index contributed by atoms with van der Waals surface area (Å²) in [6, 6.07) is 0. The molecule has 0 saturated heterocycles. The molecule has 1 aliphatic carbocycles. The molecule has 5 nitrogen and oxygen atoms in total. The standard InChI is InChI=1S/C22H33NO4S2/c1-3-4-5-6-12-22(2,27)13-7-8-16-9-10-19(24)17(16)11-14-28-21-23-18(15-29-21)20(25)26/h7-8,15-17,27H,3-6,9-14H2,1-2H3,(H,25,26)/b8-7+/t16-,17+,22?/m0/s1. The van der Waals surface area contributed by atoms with E-state index in [1.165, 1.54) is 42.4 Å². The van der Waals surface area contributed by atoms with Crippen LogP contribution in [0.1, 0.15) is 82.1 Å². The van der Waals surface area contributed by atoms with Crippen molar-refractivity contribution in [1.82, 2.24) is 4.98 Å². The van der Waals surface area contributed by atoms with Crippen molar-refractivity contribution in [2.45, 2.75) is 81.6 Å². The number of aliphatic hydroxyl groups is 1. The first-order chi connectivity index (χ1) is 13.8. The first-order valence-electron chi connectivity index (χ1n) is 10.6. The number of carbonyl (C=O) groups excluding carboxylic acids is 1. The van der Waals surface area contributed by atoms with Gasteiger partial charge in [-0.25, -0.2) is 9.78 Å². The first kappa shape index (κ1) is 24.1. The lowest BCUT2D eigenvalue weighted by Crippen LogP contribution is -2.23. The molecule has 162 valence electrons. The molecular weight excluding hydrogens is 406 g/mol. The highest BCUT2D eigenvalue weighted by Crippen LogP contribution is 2.35. The molecule has 0 spiro atoms. The van der Waals surface area contributed by atoms with Crippen LogP contribution in [0.3, 0.4) is 0 Å². The highest BCUT2D eigenvalue weighted by atomic mass is 32.2. The maximum Gasteiger partial charge on any atom is 0.355 e. The van der Waals surface area contributed by atoms with Gasteiger partial charge in [0.15, 0.2) is 10.0 Å². The van der Waals surface area contributed by atoms with Gasteiger partial charge in [0.25, 0.3) is 0 Å². The van der Waals surface area contributed by atoms with Crippen molar-refractivity contribution < 1.29 is 19.8 Å². The van der Waals surface area contributed by atoms with Gasteiger partial charge in [0.05, 0.1) is 5.60 Å². The molecule has 0 bridgehead atoms. The van der Waals surface area contributed by atoms with E-state index < -0.39 is 11.6 Å². The Kier molecular flexibility index (Phi) is 9.86. The van der Waals surface area contributed by atoms with Gasteiger partial charge in [-0.3, -0.25) is 4.79 Å². The van der Waals surface area contributed by atoms with Gasteiger partial charge in [0, 0.05) is 23.5 Å². The Hall–Kier alpha value is -1.18. The summed E-state index contributed by atoms with van der Waals surface area (Å²) >= 11 is 2.85. The van der Waals surface area contributed by atoms with E-state index in [1.807, 2.05) is 6.92 Å². The number of allylic oxidation sites excluding steroid dienone is 1. The number of ketones is 1. The number of aromatic carboxylic acids is 1. The maximum atomic E-state index is 12.3. The number of Topliss-reactive ketones (excluding diaryl/α,β-unsaturated/α-hetero) is 1. The predicted octanol–water partition coefficient (Wildman–Crippen LogP) is 5.59. The van der Waals surface area contributed by atoms with Gasteiger partial charge in [-0.05, 0) is 38.5 Å². The van der Waals surface area contributed by atoms with E-state index in [2.05, 4.69) is 24.1 Å². The number of unbranched alkanes of at least 4 members (excludes halogenated alkanes) is 3. The molecule has 0 amide bonds. The molecule has 1 unspecified atom stereocenters.